The number of nitrogens with one attached hydrogen (secondary N) is 1. The van der Waals surface area contributed by atoms with Crippen molar-refractivity contribution in [2.45, 2.75) is 52.0 Å². The zero-order valence-electron chi connectivity index (χ0n) is 16.1. The summed E-state index contributed by atoms with van der Waals surface area (Å²) in [4.78, 5) is 30.7. The summed E-state index contributed by atoms with van der Waals surface area (Å²) < 4.78 is 5.93. The molecule has 1 aliphatic heterocycles. The second-order valence-corrected chi connectivity index (χ2v) is 7.96. The van der Waals surface area contributed by atoms with E-state index in [-0.39, 0.29) is 11.6 Å². The highest BCUT2D eigenvalue weighted by Crippen LogP contribution is 2.33. The van der Waals surface area contributed by atoms with Crippen molar-refractivity contribution in [2.75, 3.05) is 24.6 Å². The minimum Gasteiger partial charge on any atom is -0.480 e. The second-order valence-electron chi connectivity index (χ2n) is 7.96. The molecule has 7 heteroatoms. The topological polar surface area (TPSA) is 91.8 Å². The molecule has 1 amide bonds. The molecule has 2 aliphatic rings. The number of pyridine rings is 1. The van der Waals surface area contributed by atoms with Gasteiger partial charge < -0.3 is 20.1 Å². The van der Waals surface area contributed by atoms with Crippen molar-refractivity contribution in [3.8, 4) is 5.88 Å². The van der Waals surface area contributed by atoms with E-state index in [0.29, 0.717) is 24.8 Å². The molecular weight excluding hydrogens is 346 g/mol. The van der Waals surface area contributed by atoms with E-state index in [4.69, 9.17) is 4.74 Å². The van der Waals surface area contributed by atoms with E-state index in [0.717, 1.165) is 31.6 Å². The summed E-state index contributed by atoms with van der Waals surface area (Å²) in [5.74, 6) is -0.289. The van der Waals surface area contributed by atoms with Gasteiger partial charge >= 0.3 is 5.97 Å². The largest absolute Gasteiger partial charge is 0.480 e. The van der Waals surface area contributed by atoms with Crippen LogP contribution in [0.3, 0.4) is 0 Å². The summed E-state index contributed by atoms with van der Waals surface area (Å²) in [6.07, 6.45) is 5.00. The van der Waals surface area contributed by atoms with E-state index >= 15 is 0 Å². The summed E-state index contributed by atoms with van der Waals surface area (Å²) in [6.45, 7) is 6.39. The molecule has 0 radical (unpaired) electrons. The Bertz CT molecular complexity index is 682. The predicted octanol–water partition coefficient (Wildman–Crippen LogP) is 2.70. The Balaban J connectivity index is 1.76. The molecule has 1 saturated heterocycles. The summed E-state index contributed by atoms with van der Waals surface area (Å²) >= 11 is 0. The molecule has 2 heterocycles. The van der Waals surface area contributed by atoms with Gasteiger partial charge in [0.05, 0.1) is 12.3 Å². The number of amides is 1. The van der Waals surface area contributed by atoms with Crippen LogP contribution < -0.4 is 15.0 Å². The molecular formula is C20H29N3O4. The van der Waals surface area contributed by atoms with Crippen molar-refractivity contribution >= 4 is 17.6 Å². The zero-order valence-corrected chi connectivity index (χ0v) is 16.1. The van der Waals surface area contributed by atoms with Crippen LogP contribution in [-0.4, -0.2) is 47.7 Å². The Morgan fingerprint density at radius 2 is 2.00 bits per heavy atom. The van der Waals surface area contributed by atoms with Crippen LogP contribution in [0.15, 0.2) is 12.1 Å². The van der Waals surface area contributed by atoms with Crippen LogP contribution in [0.1, 0.15) is 56.4 Å². The number of nitrogens with zero attached hydrogens (tertiary/aromatic N) is 2. The smallest absolute Gasteiger partial charge is 0.326 e. The van der Waals surface area contributed by atoms with Crippen molar-refractivity contribution in [3.05, 3.63) is 17.8 Å². The molecule has 0 unspecified atom stereocenters. The fourth-order valence-electron chi connectivity index (χ4n) is 3.27. The van der Waals surface area contributed by atoms with Gasteiger partial charge in [-0.1, -0.05) is 13.8 Å². The zero-order chi connectivity index (χ0) is 19.4. The standard InChI is InChI=1S/C20H29N3O4/c1-13(2)11-16(20(25)26)21-18(24)15-7-8-17(23-9-3-4-10-23)19(22-15)27-12-14-5-6-14/h7-8,13-14,16H,3-6,9-12H2,1-2H3,(H,21,24)(H,25,26)/t16-/m0/s1. The number of carbonyl (C=O) groups is 2. The maximum atomic E-state index is 12.6. The fraction of sp³-hybridized carbons (Fsp3) is 0.650. The van der Waals surface area contributed by atoms with E-state index in [1.807, 2.05) is 19.9 Å². The lowest BCUT2D eigenvalue weighted by Gasteiger charge is -2.21. The first kappa shape index (κ1) is 19.5. The minimum absolute atomic E-state index is 0.161. The monoisotopic (exact) mass is 375 g/mol. The Morgan fingerprint density at radius 1 is 1.30 bits per heavy atom. The third kappa shape index (κ3) is 5.34. The number of carboxylic acids is 1. The lowest BCUT2D eigenvalue weighted by molar-refractivity contribution is -0.139. The first-order valence-corrected chi connectivity index (χ1v) is 9.86. The number of rotatable bonds is 9. The van der Waals surface area contributed by atoms with Crippen LogP contribution in [0.25, 0.3) is 0 Å². The summed E-state index contributed by atoms with van der Waals surface area (Å²) in [5.41, 5.74) is 1.11. The molecule has 27 heavy (non-hydrogen) atoms. The number of carbonyl (C=O) groups excluding carboxylic acids is 1. The normalized spacial score (nSPS) is 17.8. The first-order chi connectivity index (χ1) is 12.9. The molecule has 148 valence electrons. The van der Waals surface area contributed by atoms with Crippen molar-refractivity contribution in [1.82, 2.24) is 10.3 Å². The summed E-state index contributed by atoms with van der Waals surface area (Å²) in [7, 11) is 0. The highest BCUT2D eigenvalue weighted by atomic mass is 16.5. The average Bonchev–Trinajstić information content (AvgIpc) is 3.30. The first-order valence-electron chi connectivity index (χ1n) is 9.86. The Labute approximate surface area is 160 Å². The summed E-state index contributed by atoms with van der Waals surface area (Å²) in [6, 6.07) is 2.60. The van der Waals surface area contributed by atoms with Gasteiger partial charge in [0, 0.05) is 13.1 Å². The van der Waals surface area contributed by atoms with Gasteiger partial charge in [-0.2, -0.15) is 0 Å². The number of ether oxygens (including phenoxy) is 1. The van der Waals surface area contributed by atoms with Crippen molar-refractivity contribution in [3.63, 3.8) is 0 Å². The van der Waals surface area contributed by atoms with Crippen molar-refractivity contribution in [2.24, 2.45) is 11.8 Å². The third-order valence-corrected chi connectivity index (χ3v) is 4.98. The molecule has 1 atom stereocenters. The van der Waals surface area contributed by atoms with Crippen LogP contribution in [0.2, 0.25) is 0 Å². The lowest BCUT2D eigenvalue weighted by atomic mass is 10.0. The van der Waals surface area contributed by atoms with Crippen LogP contribution in [0.5, 0.6) is 5.88 Å². The van der Waals surface area contributed by atoms with Gasteiger partial charge in [-0.15, -0.1) is 0 Å². The molecule has 1 aliphatic carbocycles. The molecule has 1 aromatic rings. The van der Waals surface area contributed by atoms with Crippen molar-refractivity contribution in [1.29, 1.82) is 0 Å². The highest BCUT2D eigenvalue weighted by Gasteiger charge is 2.26. The van der Waals surface area contributed by atoms with E-state index in [1.165, 1.54) is 12.8 Å². The Hall–Kier alpha value is -2.31. The Kier molecular flexibility index (Phi) is 6.19. The molecule has 2 N–H and O–H groups in total. The average molecular weight is 375 g/mol. The maximum Gasteiger partial charge on any atom is 0.326 e. The second kappa shape index (κ2) is 8.59. The van der Waals surface area contributed by atoms with Gasteiger partial charge in [0.1, 0.15) is 11.7 Å². The number of carboxylic acid groups (broad SMARTS) is 1. The SMILES string of the molecule is CC(C)C[C@H](NC(=O)c1ccc(N2CCCC2)c(OCC2CC2)n1)C(=O)O. The third-order valence-electron chi connectivity index (χ3n) is 4.98. The highest BCUT2D eigenvalue weighted by molar-refractivity contribution is 5.95. The molecule has 0 spiro atoms. The van der Waals surface area contributed by atoms with Gasteiger partial charge in [0.25, 0.3) is 5.91 Å². The molecule has 1 aromatic heterocycles. The molecule has 0 aromatic carbocycles. The van der Waals surface area contributed by atoms with E-state index in [1.54, 1.807) is 6.07 Å². The molecule has 3 rings (SSSR count). The Morgan fingerprint density at radius 3 is 2.59 bits per heavy atom. The van der Waals surface area contributed by atoms with Crippen LogP contribution >= 0.6 is 0 Å². The van der Waals surface area contributed by atoms with Gasteiger partial charge in [-0.3, -0.25) is 4.79 Å². The van der Waals surface area contributed by atoms with Crippen molar-refractivity contribution < 1.29 is 19.4 Å². The van der Waals surface area contributed by atoms with Crippen LogP contribution in [0.4, 0.5) is 5.69 Å². The van der Waals surface area contributed by atoms with Gasteiger partial charge in [0.15, 0.2) is 0 Å². The number of anilines is 1. The van der Waals surface area contributed by atoms with Gasteiger partial charge in [-0.25, -0.2) is 9.78 Å². The van der Waals surface area contributed by atoms with Gasteiger partial charge in [-0.05, 0) is 56.1 Å². The number of hydrogen-bond donors (Lipinski definition) is 2. The van der Waals surface area contributed by atoms with E-state index in [9.17, 15) is 14.7 Å². The number of hydrogen-bond acceptors (Lipinski definition) is 5. The molecule has 7 nitrogen and oxygen atoms in total. The quantitative estimate of drug-likeness (QED) is 0.689. The maximum absolute atomic E-state index is 12.6. The predicted molar refractivity (Wildman–Crippen MR) is 102 cm³/mol. The van der Waals surface area contributed by atoms with E-state index in [2.05, 4.69) is 15.2 Å². The molecule has 0 bridgehead atoms. The number of aromatic nitrogens is 1. The fourth-order valence-corrected chi connectivity index (χ4v) is 3.27. The molecule has 2 fully saturated rings. The van der Waals surface area contributed by atoms with Crippen LogP contribution in [-0.2, 0) is 4.79 Å². The lowest BCUT2D eigenvalue weighted by Crippen LogP contribution is -2.42. The minimum atomic E-state index is -1.03. The van der Waals surface area contributed by atoms with Gasteiger partial charge in [0.2, 0.25) is 5.88 Å². The number of aliphatic carboxylic acids is 1. The van der Waals surface area contributed by atoms with Crippen LogP contribution in [0, 0.1) is 11.8 Å². The van der Waals surface area contributed by atoms with E-state index < -0.39 is 17.9 Å². The molecule has 1 saturated carbocycles. The summed E-state index contributed by atoms with van der Waals surface area (Å²) in [5, 5.41) is 11.9.